The quantitative estimate of drug-likeness (QED) is 0.369. The standard InChI is InChI=1S/C31H32N4O3/c1-17-10-12-24(14-19(17)3)34-30(37)27(21(5)32-34)29(23-8-7-9-26(36)16-23)28-22(6)33-35(31(28)38)25-13-11-18(2)20(4)15-25/h7-16,27,29,33,36H,1-6H3. The highest BCUT2D eigenvalue weighted by Gasteiger charge is 2.43. The zero-order chi connectivity index (χ0) is 27.3. The summed E-state index contributed by atoms with van der Waals surface area (Å²) in [5.41, 5.74) is 8.00. The van der Waals surface area contributed by atoms with Crippen molar-refractivity contribution in [1.82, 2.24) is 9.78 Å². The van der Waals surface area contributed by atoms with Gasteiger partial charge in [0.1, 0.15) is 5.75 Å². The van der Waals surface area contributed by atoms with E-state index in [0.717, 1.165) is 27.9 Å². The molecular weight excluding hydrogens is 476 g/mol. The van der Waals surface area contributed by atoms with Gasteiger partial charge in [-0.05, 0) is 106 Å². The van der Waals surface area contributed by atoms with Gasteiger partial charge in [0, 0.05) is 22.9 Å². The Kier molecular flexibility index (Phi) is 6.31. The van der Waals surface area contributed by atoms with Crippen LogP contribution in [0.25, 0.3) is 5.69 Å². The molecule has 2 atom stereocenters. The van der Waals surface area contributed by atoms with Crippen molar-refractivity contribution in [2.24, 2.45) is 11.0 Å². The van der Waals surface area contributed by atoms with Gasteiger partial charge in [-0.15, -0.1) is 0 Å². The molecule has 7 nitrogen and oxygen atoms in total. The molecule has 0 radical (unpaired) electrons. The van der Waals surface area contributed by atoms with E-state index in [1.165, 1.54) is 9.69 Å². The molecule has 0 spiro atoms. The first-order chi connectivity index (χ1) is 18.1. The fourth-order valence-corrected chi connectivity index (χ4v) is 5.22. The van der Waals surface area contributed by atoms with Crippen molar-refractivity contribution in [2.75, 3.05) is 5.01 Å². The number of aromatic hydroxyl groups is 1. The number of H-pyrrole nitrogens is 1. The van der Waals surface area contributed by atoms with Gasteiger partial charge in [-0.25, -0.2) is 9.69 Å². The monoisotopic (exact) mass is 508 g/mol. The van der Waals surface area contributed by atoms with Crippen LogP contribution < -0.4 is 10.6 Å². The van der Waals surface area contributed by atoms with Crippen LogP contribution in [0, 0.1) is 40.5 Å². The second-order valence-electron chi connectivity index (χ2n) is 10.3. The number of aryl methyl sites for hydroxylation is 5. The van der Waals surface area contributed by atoms with E-state index in [2.05, 4.69) is 10.2 Å². The first-order valence-corrected chi connectivity index (χ1v) is 12.7. The normalized spacial score (nSPS) is 16.2. The number of hydrogen-bond acceptors (Lipinski definition) is 4. The number of anilines is 1. The number of hydrogen-bond donors (Lipinski definition) is 2. The van der Waals surface area contributed by atoms with Crippen molar-refractivity contribution < 1.29 is 9.90 Å². The molecule has 4 aromatic rings. The lowest BCUT2D eigenvalue weighted by Gasteiger charge is -2.23. The van der Waals surface area contributed by atoms with Crippen molar-refractivity contribution in [3.05, 3.63) is 110 Å². The Bertz CT molecular complexity index is 1660. The summed E-state index contributed by atoms with van der Waals surface area (Å²) in [7, 11) is 0. The molecule has 2 N–H and O–H groups in total. The average molecular weight is 509 g/mol. The van der Waals surface area contributed by atoms with Crippen molar-refractivity contribution >= 4 is 17.3 Å². The summed E-state index contributed by atoms with van der Waals surface area (Å²) in [5.74, 6) is -1.50. The van der Waals surface area contributed by atoms with E-state index in [9.17, 15) is 14.7 Å². The molecule has 3 aromatic carbocycles. The molecule has 38 heavy (non-hydrogen) atoms. The Labute approximate surface area is 222 Å². The summed E-state index contributed by atoms with van der Waals surface area (Å²) in [6.45, 7) is 11.7. The van der Waals surface area contributed by atoms with Crippen molar-refractivity contribution in [1.29, 1.82) is 0 Å². The molecule has 1 aromatic heterocycles. The molecule has 0 bridgehead atoms. The van der Waals surface area contributed by atoms with Crippen LogP contribution >= 0.6 is 0 Å². The van der Waals surface area contributed by atoms with Crippen LogP contribution in [0.3, 0.4) is 0 Å². The Hall–Kier alpha value is -4.39. The number of phenolic OH excluding ortho intramolecular Hbond substituents is 1. The Morgan fingerprint density at radius 3 is 2.08 bits per heavy atom. The number of hydrazone groups is 1. The third kappa shape index (κ3) is 4.24. The lowest BCUT2D eigenvalue weighted by molar-refractivity contribution is -0.120. The number of rotatable bonds is 5. The highest BCUT2D eigenvalue weighted by atomic mass is 16.3. The average Bonchev–Trinajstić information content (AvgIpc) is 3.33. The van der Waals surface area contributed by atoms with E-state index in [1.54, 1.807) is 18.2 Å². The summed E-state index contributed by atoms with van der Waals surface area (Å²) in [6.07, 6.45) is 0. The molecule has 1 aliphatic heterocycles. The molecule has 7 heteroatoms. The van der Waals surface area contributed by atoms with Gasteiger partial charge in [0.2, 0.25) is 0 Å². The third-order valence-corrected chi connectivity index (χ3v) is 7.66. The van der Waals surface area contributed by atoms with Gasteiger partial charge in [0.15, 0.2) is 0 Å². The second kappa shape index (κ2) is 9.49. The number of carbonyl (C=O) groups is 1. The van der Waals surface area contributed by atoms with Gasteiger partial charge in [-0.2, -0.15) is 5.10 Å². The summed E-state index contributed by atoms with van der Waals surface area (Å²) in [4.78, 5) is 28.0. The number of phenols is 1. The summed E-state index contributed by atoms with van der Waals surface area (Å²) in [5, 5.41) is 19.6. The van der Waals surface area contributed by atoms with Gasteiger partial charge in [0.25, 0.3) is 11.5 Å². The minimum absolute atomic E-state index is 0.0706. The van der Waals surface area contributed by atoms with Gasteiger partial charge >= 0.3 is 0 Å². The molecule has 1 amide bonds. The Balaban J connectivity index is 1.66. The first-order valence-electron chi connectivity index (χ1n) is 12.7. The number of carbonyl (C=O) groups excluding carboxylic acids is 1. The number of amides is 1. The SMILES string of the molecule is CC1=NN(c2ccc(C)c(C)c2)C(=O)C1C(c1cccc(O)c1)c1c(C)[nH]n(-c2ccc(C)c(C)c2)c1=O. The predicted molar refractivity (Wildman–Crippen MR) is 151 cm³/mol. The zero-order valence-electron chi connectivity index (χ0n) is 22.5. The van der Waals surface area contributed by atoms with Gasteiger partial charge in [-0.3, -0.25) is 14.7 Å². The third-order valence-electron chi connectivity index (χ3n) is 7.66. The molecule has 0 saturated carbocycles. The van der Waals surface area contributed by atoms with Crippen molar-refractivity contribution in [3.8, 4) is 11.4 Å². The topological polar surface area (TPSA) is 90.7 Å². The number of aromatic amines is 1. The number of benzene rings is 3. The minimum Gasteiger partial charge on any atom is -0.508 e. The van der Waals surface area contributed by atoms with E-state index in [-0.39, 0.29) is 17.2 Å². The largest absolute Gasteiger partial charge is 0.508 e. The van der Waals surface area contributed by atoms with Crippen LogP contribution in [0.4, 0.5) is 5.69 Å². The molecular formula is C31H32N4O3. The number of nitrogens with one attached hydrogen (secondary N) is 1. The highest BCUT2D eigenvalue weighted by Crippen LogP contribution is 2.39. The lowest BCUT2D eigenvalue weighted by Crippen LogP contribution is -2.34. The smallest absolute Gasteiger partial charge is 0.275 e. The molecule has 194 valence electrons. The van der Waals surface area contributed by atoms with Gasteiger partial charge < -0.3 is 5.11 Å². The highest BCUT2D eigenvalue weighted by molar-refractivity contribution is 6.15. The molecule has 2 unspecified atom stereocenters. The molecule has 5 rings (SSSR count). The van der Waals surface area contributed by atoms with Crippen LogP contribution in [-0.4, -0.2) is 26.5 Å². The van der Waals surface area contributed by atoms with E-state index in [4.69, 9.17) is 0 Å². The van der Waals surface area contributed by atoms with E-state index in [0.29, 0.717) is 28.2 Å². The Morgan fingerprint density at radius 1 is 0.816 bits per heavy atom. The molecule has 2 heterocycles. The fourth-order valence-electron chi connectivity index (χ4n) is 5.22. The molecule has 0 saturated heterocycles. The number of nitrogens with zero attached hydrogens (tertiary/aromatic N) is 3. The second-order valence-corrected chi connectivity index (χ2v) is 10.3. The van der Waals surface area contributed by atoms with Crippen molar-refractivity contribution in [3.63, 3.8) is 0 Å². The lowest BCUT2D eigenvalue weighted by atomic mass is 9.78. The first kappa shape index (κ1) is 25.3. The van der Waals surface area contributed by atoms with Crippen LogP contribution in [0.1, 0.15) is 51.9 Å². The maximum Gasteiger partial charge on any atom is 0.275 e. The molecule has 1 aliphatic rings. The maximum atomic E-state index is 14.0. The van der Waals surface area contributed by atoms with Gasteiger partial charge in [-0.1, -0.05) is 24.3 Å². The van der Waals surface area contributed by atoms with E-state index >= 15 is 0 Å². The van der Waals surface area contributed by atoms with E-state index in [1.807, 2.05) is 84.0 Å². The predicted octanol–water partition coefficient (Wildman–Crippen LogP) is 5.58. The number of aromatic nitrogens is 2. The minimum atomic E-state index is -0.714. The van der Waals surface area contributed by atoms with Gasteiger partial charge in [0.05, 0.1) is 17.3 Å². The molecule has 0 fully saturated rings. The van der Waals surface area contributed by atoms with Crippen LogP contribution in [-0.2, 0) is 4.79 Å². The van der Waals surface area contributed by atoms with Crippen LogP contribution in [0.5, 0.6) is 5.75 Å². The zero-order valence-corrected chi connectivity index (χ0v) is 22.5. The van der Waals surface area contributed by atoms with E-state index < -0.39 is 11.8 Å². The summed E-state index contributed by atoms with van der Waals surface area (Å²) in [6, 6.07) is 18.4. The van der Waals surface area contributed by atoms with Crippen molar-refractivity contribution in [2.45, 2.75) is 47.5 Å². The molecule has 0 aliphatic carbocycles. The summed E-state index contributed by atoms with van der Waals surface area (Å²) < 4.78 is 1.53. The van der Waals surface area contributed by atoms with Crippen LogP contribution in [0.2, 0.25) is 0 Å². The maximum absolute atomic E-state index is 14.0. The summed E-state index contributed by atoms with van der Waals surface area (Å²) >= 11 is 0. The fraction of sp³-hybridized carbons (Fsp3) is 0.258. The Morgan fingerprint density at radius 2 is 1.45 bits per heavy atom. The van der Waals surface area contributed by atoms with Crippen LogP contribution in [0.15, 0.2) is 70.6 Å².